The van der Waals surface area contributed by atoms with Gasteiger partial charge in [0.15, 0.2) is 0 Å². The molecule has 0 aliphatic heterocycles. The molecular weight excluding hydrogens is 208 g/mol. The molecule has 0 spiro atoms. The van der Waals surface area contributed by atoms with E-state index in [1.807, 2.05) is 0 Å². The van der Waals surface area contributed by atoms with E-state index in [0.717, 1.165) is 13.0 Å². The first-order valence-electron chi connectivity index (χ1n) is 5.68. The normalized spacial score (nSPS) is 12.4. The number of carbonyl (C=O) groups is 1. The van der Waals surface area contributed by atoms with Crippen molar-refractivity contribution in [3.05, 3.63) is 0 Å². The average molecular weight is 232 g/mol. The predicted molar refractivity (Wildman–Crippen MR) is 63.5 cm³/mol. The Morgan fingerprint density at radius 1 is 1.19 bits per heavy atom. The van der Waals surface area contributed by atoms with Gasteiger partial charge >= 0.3 is 0 Å². The van der Waals surface area contributed by atoms with Crippen LogP contribution in [0.15, 0.2) is 0 Å². The van der Waals surface area contributed by atoms with Gasteiger partial charge in [-0.15, -0.1) is 0 Å². The number of nitrogens with one attached hydrogen (secondary N) is 2. The molecule has 0 fully saturated rings. The fourth-order valence-corrected chi connectivity index (χ4v) is 1.21. The Bertz CT molecular complexity index is 177. The monoisotopic (exact) mass is 232 g/mol. The Hall–Kier alpha value is -0.650. The summed E-state index contributed by atoms with van der Waals surface area (Å²) < 4.78 is 9.81. The third kappa shape index (κ3) is 9.89. The van der Waals surface area contributed by atoms with Crippen LogP contribution in [0, 0.1) is 0 Å². The van der Waals surface area contributed by atoms with Crippen LogP contribution in [0.1, 0.15) is 19.8 Å². The van der Waals surface area contributed by atoms with Gasteiger partial charge in [-0.2, -0.15) is 0 Å². The number of amides is 1. The molecule has 5 heteroatoms. The van der Waals surface area contributed by atoms with Crippen LogP contribution in [-0.2, 0) is 14.3 Å². The first-order chi connectivity index (χ1) is 7.70. The highest BCUT2D eigenvalue weighted by molar-refractivity contribution is 5.75. The third-order valence-corrected chi connectivity index (χ3v) is 2.23. The minimum Gasteiger partial charge on any atom is -0.385 e. The van der Waals surface area contributed by atoms with Crippen LogP contribution >= 0.6 is 0 Å². The lowest BCUT2D eigenvalue weighted by Crippen LogP contribution is -2.33. The van der Waals surface area contributed by atoms with Crippen LogP contribution in [0.2, 0.25) is 0 Å². The summed E-state index contributed by atoms with van der Waals surface area (Å²) in [5.41, 5.74) is 0. The summed E-state index contributed by atoms with van der Waals surface area (Å²) in [7, 11) is 3.31. The Kier molecular flexibility index (Phi) is 10.4. The van der Waals surface area contributed by atoms with Crippen molar-refractivity contribution in [2.75, 3.05) is 40.5 Å². The molecule has 0 bridgehead atoms. The van der Waals surface area contributed by atoms with Gasteiger partial charge in [-0.3, -0.25) is 4.79 Å². The summed E-state index contributed by atoms with van der Waals surface area (Å²) in [6, 6.07) is 0.381. The van der Waals surface area contributed by atoms with Gasteiger partial charge in [-0.1, -0.05) is 0 Å². The standard InChI is InChI=1S/C11H24N2O3/c1-10(5-8-15-2)12-6-4-11(14)13-7-9-16-3/h10,12H,4-9H2,1-3H3,(H,13,14). The van der Waals surface area contributed by atoms with Crippen molar-refractivity contribution in [1.82, 2.24) is 10.6 Å². The number of ether oxygens (including phenoxy) is 2. The molecule has 1 unspecified atom stereocenters. The Balaban J connectivity index is 3.32. The summed E-state index contributed by atoms with van der Waals surface area (Å²) in [5.74, 6) is 0.0588. The molecule has 0 saturated heterocycles. The average Bonchev–Trinajstić information content (AvgIpc) is 2.26. The van der Waals surface area contributed by atoms with Crippen molar-refractivity contribution in [2.45, 2.75) is 25.8 Å². The van der Waals surface area contributed by atoms with Crippen LogP contribution in [0.5, 0.6) is 0 Å². The van der Waals surface area contributed by atoms with Crippen LogP contribution in [0.3, 0.4) is 0 Å². The van der Waals surface area contributed by atoms with E-state index in [-0.39, 0.29) is 5.91 Å². The van der Waals surface area contributed by atoms with Crippen molar-refractivity contribution in [3.63, 3.8) is 0 Å². The minimum atomic E-state index is 0.0588. The Morgan fingerprint density at radius 2 is 1.88 bits per heavy atom. The lowest BCUT2D eigenvalue weighted by molar-refractivity contribution is -0.121. The van der Waals surface area contributed by atoms with Gasteiger partial charge in [0.1, 0.15) is 0 Å². The smallest absolute Gasteiger partial charge is 0.221 e. The molecular formula is C11H24N2O3. The van der Waals surface area contributed by atoms with Crippen LogP contribution in [0.4, 0.5) is 0 Å². The van der Waals surface area contributed by atoms with Crippen molar-refractivity contribution in [1.29, 1.82) is 0 Å². The van der Waals surface area contributed by atoms with Gasteiger partial charge in [0.05, 0.1) is 6.61 Å². The summed E-state index contributed by atoms with van der Waals surface area (Å²) in [4.78, 5) is 11.3. The highest BCUT2D eigenvalue weighted by atomic mass is 16.5. The van der Waals surface area contributed by atoms with Crippen molar-refractivity contribution < 1.29 is 14.3 Å². The molecule has 0 aromatic carbocycles. The molecule has 0 aliphatic rings. The zero-order valence-electron chi connectivity index (χ0n) is 10.5. The molecule has 16 heavy (non-hydrogen) atoms. The molecule has 0 aromatic heterocycles. The largest absolute Gasteiger partial charge is 0.385 e. The molecule has 1 atom stereocenters. The molecule has 0 rings (SSSR count). The van der Waals surface area contributed by atoms with Crippen molar-refractivity contribution in [2.24, 2.45) is 0 Å². The molecule has 96 valence electrons. The molecule has 0 radical (unpaired) electrons. The maximum Gasteiger partial charge on any atom is 0.221 e. The van der Waals surface area contributed by atoms with Crippen molar-refractivity contribution >= 4 is 5.91 Å². The number of methoxy groups -OCH3 is 2. The predicted octanol–water partition coefficient (Wildman–Crippen LogP) is 0.154. The highest BCUT2D eigenvalue weighted by Crippen LogP contribution is 1.90. The topological polar surface area (TPSA) is 59.6 Å². The van der Waals surface area contributed by atoms with Gasteiger partial charge in [-0.05, 0) is 13.3 Å². The first kappa shape index (κ1) is 15.3. The maximum atomic E-state index is 11.3. The summed E-state index contributed by atoms with van der Waals surface area (Å²) in [6.45, 7) is 4.66. The summed E-state index contributed by atoms with van der Waals surface area (Å²) in [5, 5.41) is 6.04. The fraction of sp³-hybridized carbons (Fsp3) is 0.909. The second kappa shape index (κ2) is 10.9. The van der Waals surface area contributed by atoms with E-state index >= 15 is 0 Å². The van der Waals surface area contributed by atoms with Crippen molar-refractivity contribution in [3.8, 4) is 0 Å². The Labute approximate surface area is 97.9 Å². The highest BCUT2D eigenvalue weighted by Gasteiger charge is 2.03. The molecule has 0 saturated carbocycles. The van der Waals surface area contributed by atoms with E-state index in [0.29, 0.717) is 32.2 Å². The maximum absolute atomic E-state index is 11.3. The lowest BCUT2D eigenvalue weighted by atomic mass is 10.2. The summed E-state index contributed by atoms with van der Waals surface area (Å²) >= 11 is 0. The van der Waals surface area contributed by atoms with Crippen LogP contribution < -0.4 is 10.6 Å². The number of hydrogen-bond acceptors (Lipinski definition) is 4. The van der Waals surface area contributed by atoms with Gasteiger partial charge in [0.2, 0.25) is 5.91 Å². The van der Waals surface area contributed by atoms with E-state index in [1.165, 1.54) is 0 Å². The van der Waals surface area contributed by atoms with E-state index in [9.17, 15) is 4.79 Å². The van der Waals surface area contributed by atoms with Gasteiger partial charge in [-0.25, -0.2) is 0 Å². The third-order valence-electron chi connectivity index (χ3n) is 2.23. The van der Waals surface area contributed by atoms with E-state index in [4.69, 9.17) is 9.47 Å². The van der Waals surface area contributed by atoms with Gasteiger partial charge in [0.25, 0.3) is 0 Å². The molecule has 0 aromatic rings. The zero-order valence-corrected chi connectivity index (χ0v) is 10.5. The SMILES string of the molecule is COCCNC(=O)CCNC(C)CCOC. The molecule has 1 amide bonds. The molecule has 5 nitrogen and oxygen atoms in total. The molecule has 2 N–H and O–H groups in total. The zero-order chi connectivity index (χ0) is 12.2. The van der Waals surface area contributed by atoms with Crippen LogP contribution in [-0.4, -0.2) is 52.5 Å². The van der Waals surface area contributed by atoms with Crippen LogP contribution in [0.25, 0.3) is 0 Å². The fourth-order valence-electron chi connectivity index (χ4n) is 1.21. The van der Waals surface area contributed by atoms with Gasteiger partial charge in [0, 0.05) is 46.4 Å². The quantitative estimate of drug-likeness (QED) is 0.527. The van der Waals surface area contributed by atoms with Gasteiger partial charge < -0.3 is 20.1 Å². The lowest BCUT2D eigenvalue weighted by Gasteiger charge is -2.12. The number of rotatable bonds is 10. The Morgan fingerprint density at radius 3 is 2.50 bits per heavy atom. The number of carbonyl (C=O) groups excluding carboxylic acids is 1. The molecule has 0 heterocycles. The summed E-state index contributed by atoms with van der Waals surface area (Å²) in [6.07, 6.45) is 1.46. The first-order valence-corrected chi connectivity index (χ1v) is 5.68. The van der Waals surface area contributed by atoms with E-state index < -0.39 is 0 Å². The van der Waals surface area contributed by atoms with E-state index in [2.05, 4.69) is 17.6 Å². The minimum absolute atomic E-state index is 0.0588. The van der Waals surface area contributed by atoms with E-state index in [1.54, 1.807) is 14.2 Å². The second-order valence-corrected chi connectivity index (χ2v) is 3.73. The molecule has 0 aliphatic carbocycles. The second-order valence-electron chi connectivity index (χ2n) is 3.73. The number of hydrogen-bond donors (Lipinski definition) is 2.